The highest BCUT2D eigenvalue weighted by Crippen LogP contribution is 2.45. The zero-order valence-electron chi connectivity index (χ0n) is 54.9. The van der Waals surface area contributed by atoms with E-state index in [2.05, 4.69) is 58.9 Å². The SMILES string of the molecule is CCCCCC/C=C\C=C/CCCCCCCC(=O)O[C@H](COC(=O)CCCCCCCCCCCCCC)COP(=O)(O)OC[C@@H](O)COP(=O)(O)OC[C@@H](COC(=O)CCCCCCCCCCC)OC(=O)CCCCCCCCC(C)CC. The summed E-state index contributed by atoms with van der Waals surface area (Å²) in [6.45, 7) is 7.09. The first-order chi connectivity index (χ1) is 41.6. The molecule has 0 saturated carbocycles. The third-order valence-electron chi connectivity index (χ3n) is 15.3. The maximum atomic E-state index is 13.0. The van der Waals surface area contributed by atoms with Gasteiger partial charge in [0.05, 0.1) is 26.4 Å². The van der Waals surface area contributed by atoms with Gasteiger partial charge in [-0.25, -0.2) is 9.13 Å². The first kappa shape index (κ1) is 83.5. The van der Waals surface area contributed by atoms with Gasteiger partial charge in [0.2, 0.25) is 0 Å². The molecule has 19 heteroatoms. The summed E-state index contributed by atoms with van der Waals surface area (Å²) in [7, 11) is -9.90. The molecular formula is C67H126O17P2. The molecule has 17 nitrogen and oxygen atoms in total. The first-order valence-corrected chi connectivity index (χ1v) is 37.5. The number of hydrogen-bond acceptors (Lipinski definition) is 15. The molecule has 0 bridgehead atoms. The van der Waals surface area contributed by atoms with E-state index in [1.807, 2.05) is 0 Å². The number of phosphoric ester groups is 2. The van der Waals surface area contributed by atoms with Crippen molar-refractivity contribution >= 4 is 39.5 Å². The van der Waals surface area contributed by atoms with Gasteiger partial charge in [-0.1, -0.05) is 264 Å². The largest absolute Gasteiger partial charge is 0.472 e. The maximum Gasteiger partial charge on any atom is 0.472 e. The van der Waals surface area contributed by atoms with E-state index in [1.165, 1.54) is 128 Å². The quantitative estimate of drug-likeness (QED) is 0.0169. The molecule has 3 N–H and O–H groups in total. The fraction of sp³-hybridized carbons (Fsp3) is 0.881. The van der Waals surface area contributed by atoms with Gasteiger partial charge in [0.1, 0.15) is 19.3 Å². The number of rotatable bonds is 65. The number of hydrogen-bond donors (Lipinski definition) is 3. The molecule has 0 aliphatic carbocycles. The molecule has 0 saturated heterocycles. The summed E-state index contributed by atoms with van der Waals surface area (Å²) in [5.41, 5.74) is 0. The fourth-order valence-electron chi connectivity index (χ4n) is 9.54. The molecule has 0 fully saturated rings. The van der Waals surface area contributed by atoms with Crippen molar-refractivity contribution in [2.24, 2.45) is 5.92 Å². The van der Waals surface area contributed by atoms with Crippen LogP contribution in [0.1, 0.15) is 317 Å². The van der Waals surface area contributed by atoms with Crippen molar-refractivity contribution in [3.63, 3.8) is 0 Å². The number of aliphatic hydroxyl groups excluding tert-OH is 1. The van der Waals surface area contributed by atoms with E-state index in [0.29, 0.717) is 25.7 Å². The molecule has 0 heterocycles. The molecule has 0 aromatic carbocycles. The summed E-state index contributed by atoms with van der Waals surface area (Å²) in [6.07, 6.45) is 48.0. The van der Waals surface area contributed by atoms with Gasteiger partial charge >= 0.3 is 39.5 Å². The predicted octanol–water partition coefficient (Wildman–Crippen LogP) is 18.5. The van der Waals surface area contributed by atoms with E-state index in [1.54, 1.807) is 0 Å². The third-order valence-corrected chi connectivity index (χ3v) is 17.2. The van der Waals surface area contributed by atoms with Crippen molar-refractivity contribution in [2.75, 3.05) is 39.6 Å². The van der Waals surface area contributed by atoms with Crippen LogP contribution in [0.15, 0.2) is 24.3 Å². The minimum atomic E-state index is -4.96. The Kier molecular flexibility index (Phi) is 58.4. The number of aliphatic hydroxyl groups is 1. The lowest BCUT2D eigenvalue weighted by atomic mass is 10.00. The number of carbonyl (C=O) groups is 4. The van der Waals surface area contributed by atoms with Gasteiger partial charge in [0.15, 0.2) is 12.2 Å². The van der Waals surface area contributed by atoms with Crippen LogP contribution < -0.4 is 0 Å². The van der Waals surface area contributed by atoms with Crippen LogP contribution in [0.4, 0.5) is 0 Å². The van der Waals surface area contributed by atoms with Crippen LogP contribution in [0.5, 0.6) is 0 Å². The van der Waals surface area contributed by atoms with Gasteiger partial charge in [-0.05, 0) is 57.3 Å². The Balaban J connectivity index is 5.28. The lowest BCUT2D eigenvalue weighted by Gasteiger charge is -2.21. The van der Waals surface area contributed by atoms with Crippen molar-refractivity contribution in [3.8, 4) is 0 Å². The van der Waals surface area contributed by atoms with Crippen LogP contribution in [-0.2, 0) is 65.4 Å². The molecule has 0 aromatic heterocycles. The second kappa shape index (κ2) is 60.1. The minimum Gasteiger partial charge on any atom is -0.462 e. The van der Waals surface area contributed by atoms with Gasteiger partial charge < -0.3 is 33.8 Å². The summed E-state index contributed by atoms with van der Waals surface area (Å²) < 4.78 is 68.0. The van der Waals surface area contributed by atoms with Gasteiger partial charge in [-0.3, -0.25) is 37.3 Å². The molecule has 0 aliphatic rings. The minimum absolute atomic E-state index is 0.0852. The zero-order valence-corrected chi connectivity index (χ0v) is 56.7. The number of allylic oxidation sites excluding steroid dienone is 4. The average molecular weight is 1270 g/mol. The number of unbranched alkanes of at least 4 members (excludes halogenated alkanes) is 33. The van der Waals surface area contributed by atoms with E-state index < -0.39 is 97.5 Å². The highest BCUT2D eigenvalue weighted by atomic mass is 31.2. The third kappa shape index (κ3) is 59.2. The van der Waals surface area contributed by atoms with E-state index in [9.17, 15) is 43.2 Å². The number of ether oxygens (including phenoxy) is 4. The first-order valence-electron chi connectivity index (χ1n) is 34.5. The normalized spacial score (nSPS) is 14.7. The van der Waals surface area contributed by atoms with Crippen LogP contribution in [0, 0.1) is 5.92 Å². The lowest BCUT2D eigenvalue weighted by molar-refractivity contribution is -0.161. The number of esters is 4. The molecule has 0 aromatic rings. The molecule has 86 heavy (non-hydrogen) atoms. The van der Waals surface area contributed by atoms with Crippen LogP contribution in [-0.4, -0.2) is 96.7 Å². The Morgan fingerprint density at radius 3 is 0.988 bits per heavy atom. The van der Waals surface area contributed by atoms with Crippen molar-refractivity contribution in [3.05, 3.63) is 24.3 Å². The fourth-order valence-corrected chi connectivity index (χ4v) is 11.1. The Hall–Kier alpha value is -2.46. The Morgan fingerprint density at radius 1 is 0.372 bits per heavy atom. The van der Waals surface area contributed by atoms with E-state index in [-0.39, 0.29) is 25.7 Å². The van der Waals surface area contributed by atoms with Gasteiger partial charge in [-0.2, -0.15) is 0 Å². The standard InChI is InChI=1S/C67H126O17P2/c1-6-10-13-16-19-22-24-26-27-28-30-33-36-42-47-52-66(71)83-62(56-78-65(70)51-46-41-35-32-29-25-23-20-17-14-11-7-2)58-81-85(73,74)79-54-61(68)55-80-86(75,76)82-59-63(57-77-64(69)50-45-40-34-31-21-18-15-12-8-3)84-67(72)53-48-43-38-37-39-44-49-60(5)9-4/h22,24,26-27,60-63,68H,6-21,23,25,28-59H2,1-5H3,(H,73,74)(H,75,76)/b24-22-,27-26-/t60?,61-,62-,63-/m1/s1. The molecule has 0 spiro atoms. The molecule has 0 amide bonds. The van der Waals surface area contributed by atoms with Gasteiger partial charge in [0, 0.05) is 25.7 Å². The molecule has 0 aliphatic heterocycles. The van der Waals surface area contributed by atoms with Crippen LogP contribution in [0.2, 0.25) is 0 Å². The molecule has 3 unspecified atom stereocenters. The molecule has 0 radical (unpaired) electrons. The second-order valence-electron chi connectivity index (χ2n) is 23.8. The number of phosphoric acid groups is 2. The van der Waals surface area contributed by atoms with Gasteiger partial charge in [-0.15, -0.1) is 0 Å². The summed E-state index contributed by atoms with van der Waals surface area (Å²) in [4.78, 5) is 72.3. The molecule has 0 rings (SSSR count). The lowest BCUT2D eigenvalue weighted by Crippen LogP contribution is -2.30. The van der Waals surface area contributed by atoms with E-state index >= 15 is 0 Å². The molecular weight excluding hydrogens is 1140 g/mol. The Labute approximate surface area is 522 Å². The maximum absolute atomic E-state index is 13.0. The predicted molar refractivity (Wildman–Crippen MR) is 344 cm³/mol. The second-order valence-corrected chi connectivity index (χ2v) is 26.7. The highest BCUT2D eigenvalue weighted by Gasteiger charge is 2.30. The van der Waals surface area contributed by atoms with Crippen molar-refractivity contribution < 1.29 is 80.2 Å². The highest BCUT2D eigenvalue weighted by molar-refractivity contribution is 7.47. The van der Waals surface area contributed by atoms with Crippen LogP contribution >= 0.6 is 15.6 Å². The van der Waals surface area contributed by atoms with Crippen LogP contribution in [0.3, 0.4) is 0 Å². The summed E-state index contributed by atoms with van der Waals surface area (Å²) >= 11 is 0. The monoisotopic (exact) mass is 1260 g/mol. The molecule has 6 atom stereocenters. The van der Waals surface area contributed by atoms with E-state index in [4.69, 9.17) is 37.0 Å². The number of carbonyl (C=O) groups excluding carboxylic acids is 4. The zero-order chi connectivity index (χ0) is 63.5. The Bertz CT molecular complexity index is 1760. The van der Waals surface area contributed by atoms with Crippen molar-refractivity contribution in [1.29, 1.82) is 0 Å². The average Bonchev–Trinajstić information content (AvgIpc) is 3.60. The van der Waals surface area contributed by atoms with Crippen molar-refractivity contribution in [2.45, 2.75) is 335 Å². The van der Waals surface area contributed by atoms with Gasteiger partial charge in [0.25, 0.3) is 0 Å². The molecule has 506 valence electrons. The summed E-state index contributed by atoms with van der Waals surface area (Å²) in [5, 5.41) is 10.5. The van der Waals surface area contributed by atoms with E-state index in [0.717, 1.165) is 109 Å². The Morgan fingerprint density at radius 2 is 0.651 bits per heavy atom. The van der Waals surface area contributed by atoms with Crippen LogP contribution in [0.25, 0.3) is 0 Å². The van der Waals surface area contributed by atoms with Crippen molar-refractivity contribution in [1.82, 2.24) is 0 Å². The smallest absolute Gasteiger partial charge is 0.462 e. The topological polar surface area (TPSA) is 237 Å². The summed E-state index contributed by atoms with van der Waals surface area (Å²) in [5.74, 6) is -1.44. The summed E-state index contributed by atoms with van der Waals surface area (Å²) in [6, 6.07) is 0.